The number of phosphoric acid groups is 5. The van der Waals surface area contributed by atoms with Crippen LogP contribution in [0.25, 0.3) is 0 Å². The predicted molar refractivity (Wildman–Crippen MR) is 283 cm³/mol. The fraction of sp³-hybridized carbons (Fsp3) is 1.00. The van der Waals surface area contributed by atoms with E-state index in [-0.39, 0.29) is 56.0 Å². The minimum Gasteiger partial charge on any atom is -0.390 e. The molecule has 16 N–H and O–H groups in total. The fourth-order valence-corrected chi connectivity index (χ4v) is 15.0. The van der Waals surface area contributed by atoms with Gasteiger partial charge in [0.25, 0.3) is 7.47 Å². The van der Waals surface area contributed by atoms with Gasteiger partial charge in [-0.1, -0.05) is 27.7 Å². The first-order valence-corrected chi connectivity index (χ1v) is 38.1. The molecule has 3 unspecified atom stereocenters. The molecule has 0 aromatic carbocycles. The topological polar surface area (TPSA) is 563 Å². The Morgan fingerprint density at radius 2 is 0.585 bits per heavy atom. The van der Waals surface area contributed by atoms with Gasteiger partial charge in [-0.05, 0) is 0 Å². The molecule has 5 fully saturated rings. The van der Waals surface area contributed by atoms with E-state index in [2.05, 4.69) is 26.5 Å². The molecule has 5 rings (SSSR count). The Morgan fingerprint density at radius 3 is 0.793 bits per heavy atom. The van der Waals surface area contributed by atoms with Gasteiger partial charge in [0, 0.05) is 54.3 Å². The van der Waals surface area contributed by atoms with E-state index in [0.29, 0.717) is 0 Å². The zero-order chi connectivity index (χ0) is 64.3. The standard InChI is InChI=1S/C7H15BO8P2.C6H12B2O8P2.C6H13BO8P2Se.2C6H12BO6P/c1-4-6(9)5(15-7(4)8)3-14-17(2,10)16-18(11,12)13;1-3-5(9)4(15-6(3)7)2-14-17(8,10)16-18(11,12)13;1-3-5(8)4(14-6(3)7)2-13-17(12,18)15-16(9,10)11;2*1-3-5(8)4(13-6(3)7)2-12-14(9,10)11/h4-7,9H,3H2,1-2H3,(H2,11,12,13);3-6,9H,2H2,1H3,(H2,11,12,13);3-6,8H,2H2,1H3,(H,12,18)(H2,9,10,11);2*3-6,8H,2H2,1H3,(H2,9,10,11)/t4-,5-,6+,7-,17?;2*3-,4-,5+,6-,17?;2*3-,4-,5+,6-/m11111/s1. The van der Waals surface area contributed by atoms with Crippen LogP contribution in [0.4, 0.5) is 0 Å². The van der Waals surface area contributed by atoms with Crippen molar-refractivity contribution in [2.75, 3.05) is 39.7 Å². The SMILES string of the molecule is [B][C@@H]1O[C@H](COP(=O)(O)O)[C@@H](O)[C@H]1C.[B][C@@H]1O[C@H](COP(=O)(O)O)[C@@H](O)[C@H]1C.[B][C@@H]1O[C@H](COP(C)(=O)OP(=O)(O)O)[C@@H](O)[C@H]1C.[B][C@@H]1O[C@H](COP(O)(=[Se])OP(=O)(O)O)[C@@H](O)[C@H]1C.[B][C@@H]1O[C@H](COP([B])(=O)OP(=O)(O)O)[C@@H](O)[C@H]1C. The summed E-state index contributed by atoms with van der Waals surface area (Å²) in [6.07, 6.45) is -12.4. The molecular weight excluding hydrogens is 1340 g/mol. The van der Waals surface area contributed by atoms with Gasteiger partial charge in [0.15, 0.2) is 0 Å². The summed E-state index contributed by atoms with van der Waals surface area (Å²) < 4.78 is 135. The van der Waals surface area contributed by atoms with Crippen molar-refractivity contribution in [2.24, 2.45) is 29.6 Å². The summed E-state index contributed by atoms with van der Waals surface area (Å²) in [5.41, 5.74) is 0. The van der Waals surface area contributed by atoms with E-state index in [9.17, 15) is 62.4 Å². The quantitative estimate of drug-likeness (QED) is 0.0384. The van der Waals surface area contributed by atoms with Crippen LogP contribution >= 0.6 is 60.4 Å². The predicted octanol–water partition coefficient (Wildman–Crippen LogP) is -4.08. The Hall–Kier alpha value is 1.79. The zero-order valence-electron chi connectivity index (χ0n) is 43.9. The molecule has 5 aliphatic rings. The second-order valence-corrected chi connectivity index (χ2v) is 33.0. The van der Waals surface area contributed by atoms with Gasteiger partial charge in [-0.3, -0.25) is 18.2 Å². The zero-order valence-corrected chi connectivity index (χ0v) is 52.7. The summed E-state index contributed by atoms with van der Waals surface area (Å²) in [6.45, 7) is 7.43. The summed E-state index contributed by atoms with van der Waals surface area (Å²) in [4.78, 5) is 94.1. The smallest absolute Gasteiger partial charge is 0.390 e. The summed E-state index contributed by atoms with van der Waals surface area (Å²) in [6, 6.07) is -3.31. The molecule has 82 heavy (non-hydrogen) atoms. The van der Waals surface area contributed by atoms with E-state index < -0.39 is 158 Å². The van der Waals surface area contributed by atoms with Crippen molar-refractivity contribution in [3.63, 3.8) is 0 Å². The summed E-state index contributed by atoms with van der Waals surface area (Å²) in [7, 11) is 0.275. The molecule has 0 amide bonds. The van der Waals surface area contributed by atoms with Crippen LogP contribution in [0.2, 0.25) is 0 Å². The molecule has 0 spiro atoms. The van der Waals surface area contributed by atoms with E-state index in [0.717, 1.165) is 6.66 Å². The molecule has 5 aliphatic heterocycles. The van der Waals surface area contributed by atoms with Crippen LogP contribution in [0.5, 0.6) is 0 Å². The minimum atomic E-state index is -5.03. The molecule has 23 atom stereocenters. The number of rotatable bonds is 21. The summed E-state index contributed by atoms with van der Waals surface area (Å²) >= 11 is 2.03. The molecule has 51 heteroatoms. The number of aliphatic hydroxyl groups excluding tert-OH is 5. The van der Waals surface area contributed by atoms with Crippen molar-refractivity contribution >= 4 is 122 Å². The number of aliphatic hydroxyl groups is 5. The van der Waals surface area contributed by atoms with Gasteiger partial charge >= 0.3 is 151 Å². The first-order chi connectivity index (χ1) is 36.7. The molecule has 36 nitrogen and oxygen atoms in total. The van der Waals surface area contributed by atoms with Gasteiger partial charge in [0.05, 0.1) is 50.8 Å². The summed E-state index contributed by atoms with van der Waals surface area (Å²) in [5, 5.41) is 48.0. The maximum Gasteiger partial charge on any atom is 0.476 e. The molecule has 0 bridgehead atoms. The molecule has 12 radical (unpaired) electrons. The van der Waals surface area contributed by atoms with Crippen LogP contribution in [0.3, 0.4) is 0 Å². The van der Waals surface area contributed by atoms with Crippen molar-refractivity contribution in [1.29, 1.82) is 0 Å². The number of phosphoric ester groups is 2. The average Bonchev–Trinajstić information content (AvgIpc) is 3.96. The molecule has 0 saturated carbocycles. The summed E-state index contributed by atoms with van der Waals surface area (Å²) in [5.74, 6) is -1.55. The van der Waals surface area contributed by atoms with Gasteiger partial charge in [-0.25, -0.2) is 26.9 Å². The maximum absolute atomic E-state index is 11.6. The van der Waals surface area contributed by atoms with Crippen LogP contribution in [0.15, 0.2) is 0 Å². The van der Waals surface area contributed by atoms with Crippen molar-refractivity contribution < 1.29 is 171 Å². The van der Waals surface area contributed by atoms with Gasteiger partial charge in [0.1, 0.15) is 55.8 Å². The van der Waals surface area contributed by atoms with Crippen LogP contribution in [-0.4, -0.2) is 272 Å². The third-order valence-electron chi connectivity index (χ3n) is 11.6. The molecule has 5 heterocycles. The second-order valence-electron chi connectivity index (χ2n) is 18.4. The van der Waals surface area contributed by atoms with E-state index in [4.69, 9.17) is 128 Å². The van der Waals surface area contributed by atoms with Gasteiger partial charge < -0.3 is 87.6 Å². The van der Waals surface area contributed by atoms with Crippen LogP contribution in [-0.2, 0) is 91.2 Å². The Balaban J connectivity index is 0.000000515. The Bertz CT molecular complexity index is 2150. The van der Waals surface area contributed by atoms with Crippen molar-refractivity contribution in [1.82, 2.24) is 0 Å². The number of ether oxygens (including phenoxy) is 5. The number of hydrogen-bond donors (Lipinski definition) is 16. The first kappa shape index (κ1) is 81.8. The molecular formula is C31H64B6O36P8Se. The third kappa shape index (κ3) is 31.7. The molecule has 0 aromatic heterocycles. The van der Waals surface area contributed by atoms with E-state index in [1.807, 2.05) is 15.1 Å². The monoisotopic (exact) mass is 1410 g/mol. The van der Waals surface area contributed by atoms with Crippen LogP contribution in [0, 0.1) is 29.6 Å². The van der Waals surface area contributed by atoms with E-state index in [1.54, 1.807) is 34.6 Å². The van der Waals surface area contributed by atoms with Crippen LogP contribution < -0.4 is 0 Å². The third-order valence-corrected chi connectivity index (χ3v) is 21.6. The van der Waals surface area contributed by atoms with Gasteiger partial charge in [-0.15, -0.1) is 0 Å². The maximum atomic E-state index is 11.6. The molecule has 0 aliphatic carbocycles. The molecule has 0 aromatic rings. The number of hydrogen-bond acceptors (Lipinski definition) is 26. The average molecular weight is 1400 g/mol. The first-order valence-electron chi connectivity index (χ1n) is 23.1. The Morgan fingerprint density at radius 1 is 0.366 bits per heavy atom. The molecule has 468 valence electrons. The second kappa shape index (κ2) is 33.9. The minimum absolute atomic E-state index is 0.277. The van der Waals surface area contributed by atoms with Gasteiger partial charge in [-0.2, -0.15) is 0 Å². The fourth-order valence-electron chi connectivity index (χ4n) is 6.83. The van der Waals surface area contributed by atoms with Crippen LogP contribution in [0.1, 0.15) is 34.6 Å². The Kier molecular flexibility index (Phi) is 33.8. The van der Waals surface area contributed by atoms with Crippen molar-refractivity contribution in [3.05, 3.63) is 0 Å². The Labute approximate surface area is 485 Å². The molecule has 5 saturated heterocycles. The largest absolute Gasteiger partial charge is 0.476 e. The van der Waals surface area contributed by atoms with E-state index in [1.165, 1.54) is 0 Å². The normalized spacial score (nSPS) is 37.3. The van der Waals surface area contributed by atoms with Crippen molar-refractivity contribution in [3.8, 4) is 0 Å². The van der Waals surface area contributed by atoms with Gasteiger partial charge in [0.2, 0.25) is 7.57 Å². The van der Waals surface area contributed by atoms with Crippen molar-refractivity contribution in [2.45, 2.75) is 126 Å². The van der Waals surface area contributed by atoms with E-state index >= 15 is 0 Å².